The van der Waals surface area contributed by atoms with Gasteiger partial charge in [0.25, 0.3) is 0 Å². The van der Waals surface area contributed by atoms with Crippen molar-refractivity contribution >= 4 is 60.0 Å². The zero-order valence-electron chi connectivity index (χ0n) is 45.6. The highest BCUT2D eigenvalue weighted by Gasteiger charge is 2.55. The van der Waals surface area contributed by atoms with E-state index in [0.29, 0.717) is 91.5 Å². The monoisotopic (exact) mass is 1180 g/mol. The second kappa shape index (κ2) is 22.8. The summed E-state index contributed by atoms with van der Waals surface area (Å²) in [4.78, 5) is 100. The lowest BCUT2D eigenvalue weighted by atomic mass is 9.77. The largest absolute Gasteiger partial charge is 0.507 e. The van der Waals surface area contributed by atoms with Crippen LogP contribution < -0.4 is 28.7 Å². The molecule has 4 aliphatic rings. The summed E-state index contributed by atoms with van der Waals surface area (Å²) in [5, 5.41) is 39.0. The zero-order chi connectivity index (χ0) is 60.9. The SMILES string of the molecule is C.COc1ccc2c(c1)Oc1cc(N(C)C(=O)OCc3ccc(C=O)c(O)c3)ccc1C21OC(=O)c2cc(C(=O)O)ccc21.COc1ccc2c(c1)Oc1cc(N(C)C(=O)OCc3ccc(C=O)c(O)c3)ccc1C21OC(=O)c2ccc(C(=O)O)cc21. The van der Waals surface area contributed by atoms with E-state index < -0.39 is 47.3 Å². The molecule has 2 unspecified atom stereocenters. The van der Waals surface area contributed by atoms with Crippen LogP contribution in [0.15, 0.2) is 146 Å². The van der Waals surface area contributed by atoms with Crippen LogP contribution in [0, 0.1) is 0 Å². The number of rotatable bonds is 12. The molecule has 12 rings (SSSR count). The van der Waals surface area contributed by atoms with E-state index in [9.17, 15) is 58.8 Å². The Bertz CT molecular complexity index is 4230. The number of nitrogens with zero attached hydrogens (tertiary/aromatic N) is 2. The molecule has 87 heavy (non-hydrogen) atoms. The third-order valence-corrected chi connectivity index (χ3v) is 15.0. The molecule has 0 aliphatic carbocycles. The van der Waals surface area contributed by atoms with E-state index in [1.165, 1.54) is 92.7 Å². The lowest BCUT2D eigenvalue weighted by molar-refractivity contribution is 0.0214. The fourth-order valence-corrected chi connectivity index (χ4v) is 10.6. The average molecular weight is 1180 g/mol. The maximum atomic E-state index is 13.2. The molecule has 4 N–H and O–H groups in total. The molecule has 22 heteroatoms. The number of carbonyl (C=O) groups excluding carboxylic acids is 6. The van der Waals surface area contributed by atoms with E-state index >= 15 is 0 Å². The van der Waals surface area contributed by atoms with Crippen molar-refractivity contribution in [1.82, 2.24) is 0 Å². The van der Waals surface area contributed by atoms with Gasteiger partial charge >= 0.3 is 36.1 Å². The summed E-state index contributed by atoms with van der Waals surface area (Å²) in [7, 11) is 6.00. The van der Waals surface area contributed by atoms with Crippen LogP contribution in [-0.2, 0) is 43.4 Å². The maximum Gasteiger partial charge on any atom is 0.414 e. The molecule has 8 aromatic carbocycles. The second-order valence-electron chi connectivity index (χ2n) is 19.8. The lowest BCUT2D eigenvalue weighted by Crippen LogP contribution is -2.33. The van der Waals surface area contributed by atoms with Crippen LogP contribution in [-0.4, -0.2) is 97.4 Å². The minimum atomic E-state index is -1.53. The highest BCUT2D eigenvalue weighted by atomic mass is 16.6. The fourth-order valence-electron chi connectivity index (χ4n) is 10.6. The number of phenols is 2. The molecule has 0 aromatic heterocycles. The van der Waals surface area contributed by atoms with Crippen molar-refractivity contribution in [3.8, 4) is 46.0 Å². The van der Waals surface area contributed by atoms with Gasteiger partial charge in [0.2, 0.25) is 0 Å². The number of aromatic hydroxyl groups is 2. The maximum absolute atomic E-state index is 13.2. The van der Waals surface area contributed by atoms with Crippen LogP contribution in [0.2, 0.25) is 0 Å². The number of aromatic carboxylic acids is 2. The number of aldehydes is 2. The van der Waals surface area contributed by atoms with Gasteiger partial charge in [0.05, 0.1) is 59.0 Å². The second-order valence-corrected chi connectivity index (χ2v) is 19.8. The molecule has 440 valence electrons. The molecule has 0 radical (unpaired) electrons. The number of carbonyl (C=O) groups is 8. The summed E-state index contributed by atoms with van der Waals surface area (Å²) in [5.74, 6) is -1.93. The van der Waals surface area contributed by atoms with Gasteiger partial charge in [0, 0.05) is 71.7 Å². The molecule has 0 saturated heterocycles. The molecule has 22 nitrogen and oxygen atoms in total. The van der Waals surface area contributed by atoms with E-state index in [0.717, 1.165) is 0 Å². The number of carboxylic acids is 2. The van der Waals surface area contributed by atoms with Crippen molar-refractivity contribution < 1.29 is 96.7 Å². The highest BCUT2D eigenvalue weighted by molar-refractivity contribution is 6.01. The molecule has 2 amide bonds. The standard InChI is InChI=1S/2C32H23NO10.CH4/c1-33(31(39)41-16-17-3-4-19(15-34)26(35)11-17)20-6-9-24-27(13-20)42-28-14-21(40-2)7-10-25(28)32(24)23-8-5-18(29(36)37)12-22(23)30(38)43-32;1-33(31(39)41-16-17-3-4-19(15-34)26(35)11-17)20-6-9-23-27(13-20)42-28-14-21(40-2)7-10-24(28)32(23)25-12-18(29(36)37)5-8-22(25)30(38)43-32;/h2*3-15,35H,16H2,1-2H3,(H,36,37);1H4. The average Bonchev–Trinajstić information content (AvgIpc) is 1.81. The summed E-state index contributed by atoms with van der Waals surface area (Å²) in [6.07, 6.45) is -0.375. The number of ether oxygens (including phenoxy) is 8. The van der Waals surface area contributed by atoms with Gasteiger partial charge in [-0.3, -0.25) is 19.4 Å². The topological polar surface area (TPSA) is 298 Å². The Labute approximate surface area is 494 Å². The first-order chi connectivity index (χ1) is 41.3. The Morgan fingerprint density at radius 1 is 0.483 bits per heavy atom. The number of hydrogen-bond acceptors (Lipinski definition) is 18. The van der Waals surface area contributed by atoms with E-state index in [2.05, 4.69) is 0 Å². The number of hydrogen-bond donors (Lipinski definition) is 4. The van der Waals surface area contributed by atoms with Gasteiger partial charge in [0.1, 0.15) is 59.2 Å². The van der Waals surface area contributed by atoms with Crippen LogP contribution in [0.1, 0.15) is 114 Å². The highest BCUT2D eigenvalue weighted by Crippen LogP contribution is 2.59. The van der Waals surface area contributed by atoms with Crippen molar-refractivity contribution in [2.75, 3.05) is 38.1 Å². The van der Waals surface area contributed by atoms with Crippen molar-refractivity contribution in [3.63, 3.8) is 0 Å². The number of benzene rings is 8. The molecule has 0 bridgehead atoms. The van der Waals surface area contributed by atoms with E-state index in [1.54, 1.807) is 91.0 Å². The molecule has 0 saturated carbocycles. The summed E-state index contributed by atoms with van der Waals surface area (Å²) in [6.45, 7) is -0.315. The molecular weight excluding hydrogens is 1130 g/mol. The number of amides is 2. The normalized spacial score (nSPS) is 15.6. The first-order valence-electron chi connectivity index (χ1n) is 25.9. The molecule has 0 fully saturated rings. The van der Waals surface area contributed by atoms with Gasteiger partial charge in [-0.15, -0.1) is 0 Å². The number of fused-ring (bicyclic) bond motifs is 12. The molecule has 8 aromatic rings. The van der Waals surface area contributed by atoms with Gasteiger partial charge in [-0.1, -0.05) is 25.6 Å². The van der Waals surface area contributed by atoms with Gasteiger partial charge in [-0.05, 0) is 114 Å². The number of carboxylic acid groups (broad SMARTS) is 2. The minimum Gasteiger partial charge on any atom is -0.507 e. The molecule has 4 aliphatic heterocycles. The fraction of sp³-hybridized carbons (Fsp3) is 0.138. The van der Waals surface area contributed by atoms with Crippen LogP contribution in [0.5, 0.6) is 46.0 Å². The molecule has 2 spiro atoms. The number of methoxy groups -OCH3 is 2. The van der Waals surface area contributed by atoms with Gasteiger partial charge in [-0.25, -0.2) is 28.8 Å². The Balaban J connectivity index is 0.000000190. The van der Waals surface area contributed by atoms with Gasteiger partial charge in [-0.2, -0.15) is 0 Å². The zero-order valence-corrected chi connectivity index (χ0v) is 45.6. The number of phenolic OH excluding ortho intramolecular Hbond substituents is 2. The minimum absolute atomic E-state index is 0. The number of esters is 2. The van der Waals surface area contributed by atoms with Crippen LogP contribution in [0.4, 0.5) is 21.0 Å². The van der Waals surface area contributed by atoms with E-state index in [-0.39, 0.29) is 77.0 Å². The molecule has 4 heterocycles. The Morgan fingerprint density at radius 3 is 1.32 bits per heavy atom. The van der Waals surface area contributed by atoms with Gasteiger partial charge < -0.3 is 58.3 Å². The van der Waals surface area contributed by atoms with Crippen LogP contribution in [0.25, 0.3) is 0 Å². The van der Waals surface area contributed by atoms with Crippen LogP contribution in [0.3, 0.4) is 0 Å². The first-order valence-corrected chi connectivity index (χ1v) is 25.9. The van der Waals surface area contributed by atoms with E-state index in [1.807, 2.05) is 0 Å². The van der Waals surface area contributed by atoms with Gasteiger partial charge in [0.15, 0.2) is 23.8 Å². The summed E-state index contributed by atoms with van der Waals surface area (Å²) in [5.41, 5.74) is 1.94. The third kappa shape index (κ3) is 10.1. The predicted molar refractivity (Wildman–Crippen MR) is 307 cm³/mol. The van der Waals surface area contributed by atoms with Crippen molar-refractivity contribution in [3.05, 3.63) is 223 Å². The summed E-state index contributed by atoms with van der Waals surface area (Å²) < 4.78 is 46.2. The Morgan fingerprint density at radius 2 is 0.885 bits per heavy atom. The first kappa shape index (κ1) is 58.5. The summed E-state index contributed by atoms with van der Waals surface area (Å²) in [6, 6.07) is 37.0. The van der Waals surface area contributed by atoms with E-state index in [4.69, 9.17) is 37.9 Å². The number of anilines is 2. The predicted octanol–water partition coefficient (Wildman–Crippen LogP) is 11.1. The van der Waals surface area contributed by atoms with Crippen molar-refractivity contribution in [2.45, 2.75) is 31.8 Å². The van der Waals surface area contributed by atoms with Crippen molar-refractivity contribution in [2.24, 2.45) is 0 Å². The van der Waals surface area contributed by atoms with Crippen molar-refractivity contribution in [1.29, 1.82) is 0 Å². The summed E-state index contributed by atoms with van der Waals surface area (Å²) >= 11 is 0. The Hall–Kier alpha value is -11.7. The lowest BCUT2D eigenvalue weighted by Gasteiger charge is -2.37. The quantitative estimate of drug-likeness (QED) is 0.0502. The Kier molecular flexibility index (Phi) is 15.3. The molecular formula is C65H50N2O20. The molecule has 2 atom stereocenters. The smallest absolute Gasteiger partial charge is 0.414 e. The third-order valence-electron chi connectivity index (χ3n) is 15.0. The van der Waals surface area contributed by atoms with Crippen LogP contribution >= 0.6 is 0 Å².